The highest BCUT2D eigenvalue weighted by Gasteiger charge is 2.45. The number of fused-ring (bicyclic) bond motifs is 2. The molecule has 5 heteroatoms. The van der Waals surface area contributed by atoms with E-state index in [-0.39, 0.29) is 24.2 Å². The number of nitrogens with one attached hydrogen (secondary N) is 1. The van der Waals surface area contributed by atoms with Gasteiger partial charge in [-0.25, -0.2) is 0 Å². The molecule has 0 spiro atoms. The molecule has 1 aliphatic heterocycles. The minimum Gasteiger partial charge on any atom is -0.785 e. The molecular formula is C12H21N2O3-. The first-order valence-electron chi connectivity index (χ1n) is 6.76. The van der Waals surface area contributed by atoms with Crippen LogP contribution < -0.4 is 5.32 Å². The van der Waals surface area contributed by atoms with Crippen LogP contribution >= 0.6 is 0 Å². The van der Waals surface area contributed by atoms with Crippen molar-refractivity contribution in [2.75, 3.05) is 0 Å². The van der Waals surface area contributed by atoms with Crippen molar-refractivity contribution in [2.45, 2.75) is 74.9 Å². The fourth-order valence-electron chi connectivity index (χ4n) is 3.81. The molecule has 3 aliphatic rings. The molecule has 2 aliphatic carbocycles. The van der Waals surface area contributed by atoms with E-state index in [1.807, 2.05) is 0 Å². The molecule has 1 heterocycles. The highest BCUT2D eigenvalue weighted by Crippen LogP contribution is 2.34. The quantitative estimate of drug-likeness (QED) is 0.554. The highest BCUT2D eigenvalue weighted by atomic mass is 16.5. The summed E-state index contributed by atoms with van der Waals surface area (Å²) in [5.41, 5.74) is 0. The predicted octanol–water partition coefficient (Wildman–Crippen LogP) is -0.0466. The van der Waals surface area contributed by atoms with Gasteiger partial charge in [0.15, 0.2) is 0 Å². The molecule has 6 unspecified atom stereocenters. The molecule has 6 atom stereocenters. The van der Waals surface area contributed by atoms with Gasteiger partial charge in [0.05, 0.1) is 12.2 Å². The van der Waals surface area contributed by atoms with Gasteiger partial charge in [-0.2, -0.15) is 0 Å². The number of nitrogens with zero attached hydrogens (tertiary/aromatic N) is 1. The van der Waals surface area contributed by atoms with Gasteiger partial charge < -0.3 is 25.8 Å². The average Bonchev–Trinajstić information content (AvgIpc) is 2.31. The van der Waals surface area contributed by atoms with E-state index in [1.54, 1.807) is 0 Å². The predicted molar refractivity (Wildman–Crippen MR) is 63.2 cm³/mol. The van der Waals surface area contributed by atoms with Crippen LogP contribution in [0.1, 0.15) is 38.5 Å². The molecule has 0 aromatic heterocycles. The summed E-state index contributed by atoms with van der Waals surface area (Å²) < 4.78 is 0. The maximum Gasteiger partial charge on any atom is 0.0708 e. The average molecular weight is 241 g/mol. The van der Waals surface area contributed by atoms with Gasteiger partial charge in [0.1, 0.15) is 0 Å². The maximum absolute atomic E-state index is 12.4. The molecule has 1 saturated heterocycles. The summed E-state index contributed by atoms with van der Waals surface area (Å²) >= 11 is 0. The Morgan fingerprint density at radius 3 is 2.53 bits per heavy atom. The van der Waals surface area contributed by atoms with Gasteiger partial charge in [-0.3, -0.25) is 0 Å². The summed E-state index contributed by atoms with van der Waals surface area (Å²) in [7, 11) is 0. The number of aliphatic hydroxyl groups is 2. The third kappa shape index (κ3) is 1.90. The Morgan fingerprint density at radius 2 is 1.71 bits per heavy atom. The monoisotopic (exact) mass is 241 g/mol. The van der Waals surface area contributed by atoms with Crippen LogP contribution in [0.4, 0.5) is 0 Å². The second-order valence-corrected chi connectivity index (χ2v) is 5.71. The van der Waals surface area contributed by atoms with Gasteiger partial charge in [0.2, 0.25) is 0 Å². The molecule has 3 rings (SSSR count). The number of hydrogen-bond donors (Lipinski definition) is 3. The zero-order valence-electron chi connectivity index (χ0n) is 9.96. The van der Waals surface area contributed by atoms with E-state index in [0.29, 0.717) is 0 Å². The van der Waals surface area contributed by atoms with Crippen molar-refractivity contribution in [3.05, 3.63) is 5.21 Å². The van der Waals surface area contributed by atoms with Crippen LogP contribution in [0.2, 0.25) is 0 Å². The molecular weight excluding hydrogens is 220 g/mol. The van der Waals surface area contributed by atoms with Gasteiger partial charge in [0, 0.05) is 24.2 Å². The molecule has 0 amide bonds. The first kappa shape index (κ1) is 11.9. The van der Waals surface area contributed by atoms with Crippen LogP contribution in [0.5, 0.6) is 0 Å². The van der Waals surface area contributed by atoms with Crippen LogP contribution in [0, 0.1) is 5.21 Å². The first-order chi connectivity index (χ1) is 8.18. The molecule has 0 radical (unpaired) electrons. The summed E-state index contributed by atoms with van der Waals surface area (Å²) in [6, 6.07) is -0.527. The lowest BCUT2D eigenvalue weighted by molar-refractivity contribution is -0.0716. The minimum atomic E-state index is -0.515. The lowest BCUT2D eigenvalue weighted by atomic mass is 9.78. The van der Waals surface area contributed by atoms with Crippen molar-refractivity contribution in [3.63, 3.8) is 0 Å². The van der Waals surface area contributed by atoms with E-state index in [1.165, 1.54) is 0 Å². The molecule has 98 valence electrons. The summed E-state index contributed by atoms with van der Waals surface area (Å²) in [6.45, 7) is 0. The van der Waals surface area contributed by atoms with Crippen molar-refractivity contribution >= 4 is 0 Å². The SMILES string of the molecule is [O-]N1C2CCCC(O)C2NC2CCCC(O)C21. The van der Waals surface area contributed by atoms with E-state index in [0.717, 1.165) is 43.6 Å². The lowest BCUT2D eigenvalue weighted by Crippen LogP contribution is -2.72. The summed E-state index contributed by atoms with van der Waals surface area (Å²) in [6.07, 6.45) is 4.19. The Hall–Kier alpha value is -0.200. The van der Waals surface area contributed by atoms with Gasteiger partial charge >= 0.3 is 0 Å². The fourth-order valence-corrected chi connectivity index (χ4v) is 3.81. The van der Waals surface area contributed by atoms with Crippen molar-refractivity contribution in [2.24, 2.45) is 0 Å². The number of aliphatic hydroxyl groups excluding tert-OH is 2. The van der Waals surface area contributed by atoms with Gasteiger partial charge in [0.25, 0.3) is 0 Å². The van der Waals surface area contributed by atoms with Crippen molar-refractivity contribution in [1.82, 2.24) is 10.4 Å². The standard InChI is InChI=1S/C12H21N2O3/c15-9-5-2-4-8-11(9)13-7-3-1-6-10(16)12(7)14(8)17/h7-13,15-16H,1-6H2/q-1. The first-order valence-corrected chi connectivity index (χ1v) is 6.76. The Kier molecular flexibility index (Phi) is 3.13. The summed E-state index contributed by atoms with van der Waals surface area (Å²) in [4.78, 5) is 0. The van der Waals surface area contributed by atoms with Crippen LogP contribution in [0.3, 0.4) is 0 Å². The highest BCUT2D eigenvalue weighted by molar-refractivity contribution is 5.07. The largest absolute Gasteiger partial charge is 0.785 e. The topological polar surface area (TPSA) is 78.8 Å². The third-order valence-corrected chi connectivity index (χ3v) is 4.68. The van der Waals surface area contributed by atoms with E-state index in [2.05, 4.69) is 5.32 Å². The second-order valence-electron chi connectivity index (χ2n) is 5.71. The fraction of sp³-hybridized carbons (Fsp3) is 1.00. The van der Waals surface area contributed by atoms with Crippen molar-refractivity contribution in [3.8, 4) is 0 Å². The molecule has 5 nitrogen and oxygen atoms in total. The number of hydrogen-bond acceptors (Lipinski definition) is 5. The van der Waals surface area contributed by atoms with Gasteiger partial charge in [-0.15, -0.1) is 0 Å². The minimum absolute atomic E-state index is 0.0465. The molecule has 0 bridgehead atoms. The molecule has 3 fully saturated rings. The summed E-state index contributed by atoms with van der Waals surface area (Å²) in [5, 5.41) is 36.8. The number of rotatable bonds is 0. The van der Waals surface area contributed by atoms with Gasteiger partial charge in [-0.1, -0.05) is 0 Å². The third-order valence-electron chi connectivity index (χ3n) is 4.68. The van der Waals surface area contributed by atoms with Crippen LogP contribution in [0.25, 0.3) is 0 Å². The Bertz CT molecular complexity index is 289. The van der Waals surface area contributed by atoms with Crippen molar-refractivity contribution < 1.29 is 10.2 Å². The molecule has 0 aromatic rings. The van der Waals surface area contributed by atoms with E-state index >= 15 is 0 Å². The van der Waals surface area contributed by atoms with Gasteiger partial charge in [-0.05, 0) is 38.5 Å². The van der Waals surface area contributed by atoms with Crippen LogP contribution in [-0.2, 0) is 0 Å². The Morgan fingerprint density at radius 1 is 1.00 bits per heavy atom. The maximum atomic E-state index is 12.4. The van der Waals surface area contributed by atoms with E-state index in [4.69, 9.17) is 0 Å². The number of hydroxylamine groups is 2. The number of piperazine rings is 1. The van der Waals surface area contributed by atoms with E-state index < -0.39 is 12.2 Å². The zero-order chi connectivity index (χ0) is 12.0. The smallest absolute Gasteiger partial charge is 0.0708 e. The van der Waals surface area contributed by atoms with Crippen LogP contribution in [0.15, 0.2) is 0 Å². The second kappa shape index (κ2) is 4.48. The molecule has 0 aromatic carbocycles. The Labute approximate surface area is 101 Å². The normalized spacial score (nSPS) is 51.7. The molecule has 3 N–H and O–H groups in total. The van der Waals surface area contributed by atoms with Crippen LogP contribution in [-0.4, -0.2) is 51.7 Å². The molecule has 17 heavy (non-hydrogen) atoms. The summed E-state index contributed by atoms with van der Waals surface area (Å²) in [5.74, 6) is 0. The lowest BCUT2D eigenvalue weighted by Gasteiger charge is -2.59. The van der Waals surface area contributed by atoms with E-state index in [9.17, 15) is 15.4 Å². The zero-order valence-corrected chi connectivity index (χ0v) is 9.96. The van der Waals surface area contributed by atoms with Crippen molar-refractivity contribution in [1.29, 1.82) is 0 Å². The Balaban J connectivity index is 1.82. The molecule has 2 saturated carbocycles.